The first-order chi connectivity index (χ1) is 13.3. The van der Waals surface area contributed by atoms with Gasteiger partial charge in [0, 0.05) is 25.7 Å². The van der Waals surface area contributed by atoms with Crippen molar-refractivity contribution in [3.63, 3.8) is 0 Å². The van der Waals surface area contributed by atoms with Crippen LogP contribution in [-0.4, -0.2) is 56.9 Å². The number of hydrogen-bond donors (Lipinski definition) is 0. The van der Waals surface area contributed by atoms with Crippen molar-refractivity contribution in [2.45, 2.75) is 17.9 Å². The van der Waals surface area contributed by atoms with Gasteiger partial charge < -0.3 is 9.64 Å². The molecule has 1 atom stereocenters. The highest BCUT2D eigenvalue weighted by molar-refractivity contribution is 7.89. The van der Waals surface area contributed by atoms with Crippen molar-refractivity contribution in [1.82, 2.24) is 9.21 Å². The Morgan fingerprint density at radius 3 is 2.43 bits per heavy atom. The molecular formula is C20H23FN2O4S. The largest absolute Gasteiger partial charge is 0.379 e. The van der Waals surface area contributed by atoms with E-state index in [0.717, 1.165) is 5.56 Å². The number of hydrogen-bond acceptors (Lipinski definition) is 4. The van der Waals surface area contributed by atoms with Gasteiger partial charge in [0.15, 0.2) is 0 Å². The minimum absolute atomic E-state index is 0.0862. The summed E-state index contributed by atoms with van der Waals surface area (Å²) in [4.78, 5) is 14.5. The smallest absolute Gasteiger partial charge is 0.254 e. The van der Waals surface area contributed by atoms with Crippen molar-refractivity contribution in [3.8, 4) is 0 Å². The molecule has 3 rings (SSSR count). The van der Waals surface area contributed by atoms with E-state index in [1.165, 1.54) is 33.5 Å². The second kappa shape index (κ2) is 8.38. The maximum atomic E-state index is 13.1. The lowest BCUT2D eigenvalue weighted by molar-refractivity contribution is 0.0728. The van der Waals surface area contributed by atoms with E-state index in [1.807, 2.05) is 6.92 Å². The van der Waals surface area contributed by atoms with Crippen molar-refractivity contribution in [2.24, 2.45) is 0 Å². The van der Waals surface area contributed by atoms with Crippen molar-refractivity contribution in [3.05, 3.63) is 65.5 Å². The van der Waals surface area contributed by atoms with Crippen LogP contribution >= 0.6 is 0 Å². The van der Waals surface area contributed by atoms with Gasteiger partial charge in [-0.15, -0.1) is 0 Å². The standard InChI is InChI=1S/C20H23FN2O4S/c1-15(16-6-8-18(21)9-7-16)22(2)20(24)17-4-3-5-19(14-17)28(25,26)23-10-12-27-13-11-23/h3-9,14-15H,10-13H2,1-2H3. The molecule has 1 fully saturated rings. The lowest BCUT2D eigenvalue weighted by Crippen LogP contribution is -2.40. The molecule has 1 saturated heterocycles. The SMILES string of the molecule is CC(c1ccc(F)cc1)N(C)C(=O)c1cccc(S(=O)(=O)N2CCOCC2)c1. The monoisotopic (exact) mass is 406 g/mol. The zero-order valence-electron chi connectivity index (χ0n) is 15.8. The summed E-state index contributed by atoms with van der Waals surface area (Å²) >= 11 is 0. The summed E-state index contributed by atoms with van der Waals surface area (Å²) in [5, 5.41) is 0. The van der Waals surface area contributed by atoms with Crippen molar-refractivity contribution in [2.75, 3.05) is 33.4 Å². The third kappa shape index (κ3) is 4.24. The van der Waals surface area contributed by atoms with E-state index in [2.05, 4.69) is 0 Å². The molecule has 0 bridgehead atoms. The molecule has 0 radical (unpaired) electrons. The summed E-state index contributed by atoms with van der Waals surface area (Å²) in [6.45, 7) is 3.13. The first-order valence-corrected chi connectivity index (χ1v) is 10.5. The third-order valence-corrected chi connectivity index (χ3v) is 6.84. The number of amides is 1. The third-order valence-electron chi connectivity index (χ3n) is 4.94. The number of ether oxygens (including phenoxy) is 1. The molecule has 1 heterocycles. The lowest BCUT2D eigenvalue weighted by Gasteiger charge is -2.27. The molecule has 0 saturated carbocycles. The highest BCUT2D eigenvalue weighted by Gasteiger charge is 2.27. The van der Waals surface area contributed by atoms with Crippen LogP contribution < -0.4 is 0 Å². The Morgan fingerprint density at radius 1 is 1.14 bits per heavy atom. The Morgan fingerprint density at radius 2 is 1.79 bits per heavy atom. The van der Waals surface area contributed by atoms with Gasteiger partial charge in [0.1, 0.15) is 5.82 Å². The number of carbonyl (C=O) groups is 1. The summed E-state index contributed by atoms with van der Waals surface area (Å²) in [6.07, 6.45) is 0. The molecule has 1 amide bonds. The molecule has 0 spiro atoms. The van der Waals surface area contributed by atoms with E-state index < -0.39 is 10.0 Å². The summed E-state index contributed by atoms with van der Waals surface area (Å²) in [5.41, 5.74) is 1.07. The highest BCUT2D eigenvalue weighted by atomic mass is 32.2. The lowest BCUT2D eigenvalue weighted by atomic mass is 10.1. The number of sulfonamides is 1. The number of rotatable bonds is 5. The van der Waals surface area contributed by atoms with Gasteiger partial charge in [0.2, 0.25) is 10.0 Å². The van der Waals surface area contributed by atoms with Crippen LogP contribution in [0.15, 0.2) is 53.4 Å². The molecule has 28 heavy (non-hydrogen) atoms. The quantitative estimate of drug-likeness (QED) is 0.766. The normalized spacial score (nSPS) is 16.5. The molecule has 1 aliphatic heterocycles. The molecule has 0 aliphatic carbocycles. The first kappa shape index (κ1) is 20.4. The first-order valence-electron chi connectivity index (χ1n) is 9.01. The van der Waals surface area contributed by atoms with Crippen LogP contribution in [0.3, 0.4) is 0 Å². The second-order valence-electron chi connectivity index (χ2n) is 6.69. The topological polar surface area (TPSA) is 66.9 Å². The van der Waals surface area contributed by atoms with Crippen LogP contribution in [0.25, 0.3) is 0 Å². The molecule has 1 aliphatic rings. The fourth-order valence-corrected chi connectivity index (χ4v) is 4.52. The molecule has 150 valence electrons. The number of nitrogens with zero attached hydrogens (tertiary/aromatic N) is 2. The number of benzene rings is 2. The number of morpholine rings is 1. The fourth-order valence-electron chi connectivity index (χ4n) is 3.07. The Labute approximate surface area is 164 Å². The highest BCUT2D eigenvalue weighted by Crippen LogP contribution is 2.23. The maximum Gasteiger partial charge on any atom is 0.254 e. The van der Waals surface area contributed by atoms with Gasteiger partial charge in [0.25, 0.3) is 5.91 Å². The summed E-state index contributed by atoms with van der Waals surface area (Å²) < 4.78 is 45.4. The fraction of sp³-hybridized carbons (Fsp3) is 0.350. The Kier molecular flexibility index (Phi) is 6.12. The zero-order chi connectivity index (χ0) is 20.3. The van der Waals surface area contributed by atoms with E-state index in [4.69, 9.17) is 4.74 Å². The van der Waals surface area contributed by atoms with Crippen LogP contribution in [0.1, 0.15) is 28.9 Å². The van der Waals surface area contributed by atoms with Crippen LogP contribution in [0.2, 0.25) is 0 Å². The minimum atomic E-state index is -3.68. The van der Waals surface area contributed by atoms with Crippen molar-refractivity contribution >= 4 is 15.9 Å². The summed E-state index contributed by atoms with van der Waals surface area (Å²) in [7, 11) is -2.04. The van der Waals surface area contributed by atoms with Crippen molar-refractivity contribution < 1.29 is 22.3 Å². The molecule has 2 aromatic carbocycles. The van der Waals surface area contributed by atoms with E-state index in [9.17, 15) is 17.6 Å². The van der Waals surface area contributed by atoms with Crippen LogP contribution in [0.4, 0.5) is 4.39 Å². The van der Waals surface area contributed by atoms with Gasteiger partial charge in [-0.25, -0.2) is 12.8 Å². The van der Waals surface area contributed by atoms with Gasteiger partial charge in [-0.1, -0.05) is 18.2 Å². The van der Waals surface area contributed by atoms with Gasteiger partial charge in [-0.2, -0.15) is 4.31 Å². The molecular weight excluding hydrogens is 383 g/mol. The predicted octanol–water partition coefficient (Wildman–Crippen LogP) is 2.68. The molecule has 1 unspecified atom stereocenters. The second-order valence-corrected chi connectivity index (χ2v) is 8.63. The van der Waals surface area contributed by atoms with Crippen LogP contribution in [0.5, 0.6) is 0 Å². The molecule has 2 aromatic rings. The minimum Gasteiger partial charge on any atom is -0.379 e. The summed E-state index contributed by atoms with van der Waals surface area (Å²) in [5.74, 6) is -0.651. The Balaban J connectivity index is 1.82. The van der Waals surface area contributed by atoms with Gasteiger partial charge >= 0.3 is 0 Å². The molecule has 6 nitrogen and oxygen atoms in total. The van der Waals surface area contributed by atoms with E-state index in [-0.39, 0.29) is 28.2 Å². The molecule has 8 heteroatoms. The predicted molar refractivity (Wildman–Crippen MR) is 103 cm³/mol. The zero-order valence-corrected chi connectivity index (χ0v) is 16.7. The maximum absolute atomic E-state index is 13.1. The average molecular weight is 406 g/mol. The van der Waals surface area contributed by atoms with Crippen LogP contribution in [-0.2, 0) is 14.8 Å². The Bertz CT molecular complexity index is 941. The average Bonchev–Trinajstić information content (AvgIpc) is 2.73. The van der Waals surface area contributed by atoms with Crippen LogP contribution in [0, 0.1) is 5.82 Å². The van der Waals surface area contributed by atoms with Crippen molar-refractivity contribution in [1.29, 1.82) is 0 Å². The van der Waals surface area contributed by atoms with Gasteiger partial charge in [-0.05, 0) is 42.8 Å². The van der Waals surface area contributed by atoms with E-state index in [1.54, 1.807) is 31.3 Å². The van der Waals surface area contributed by atoms with Gasteiger partial charge in [0.05, 0.1) is 24.2 Å². The van der Waals surface area contributed by atoms with E-state index >= 15 is 0 Å². The molecule has 0 N–H and O–H groups in total. The number of carbonyl (C=O) groups excluding carboxylic acids is 1. The summed E-state index contributed by atoms with van der Waals surface area (Å²) in [6, 6.07) is 11.7. The number of halogens is 1. The van der Waals surface area contributed by atoms with E-state index in [0.29, 0.717) is 26.3 Å². The van der Waals surface area contributed by atoms with Gasteiger partial charge in [-0.3, -0.25) is 4.79 Å². The Hall–Kier alpha value is -2.29. The molecule has 0 aromatic heterocycles.